The molecule has 2 N–H and O–H groups in total. The van der Waals surface area contributed by atoms with Gasteiger partial charge < -0.3 is 20.3 Å². The summed E-state index contributed by atoms with van der Waals surface area (Å²) >= 11 is 0. The molecule has 0 spiro atoms. The smallest absolute Gasteiger partial charge is 0.408 e. The molecule has 39 heavy (non-hydrogen) atoms. The number of amides is 3. The number of nitrogens with zero attached hydrogens (tertiary/aromatic N) is 1. The number of aryl methyl sites for hydroxylation is 1. The molecule has 0 heterocycles. The highest BCUT2D eigenvalue weighted by Crippen LogP contribution is 2.27. The summed E-state index contributed by atoms with van der Waals surface area (Å²) in [6.07, 6.45) is 9.04. The Kier molecular flexibility index (Phi) is 13.3. The van der Waals surface area contributed by atoms with Crippen molar-refractivity contribution in [2.45, 2.75) is 136 Å². The molecule has 7 heteroatoms. The van der Waals surface area contributed by atoms with Crippen molar-refractivity contribution in [1.82, 2.24) is 15.5 Å². The summed E-state index contributed by atoms with van der Waals surface area (Å²) in [5.41, 5.74) is 1.29. The average molecular weight is 544 g/mol. The summed E-state index contributed by atoms with van der Waals surface area (Å²) in [5, 5.41) is 6.14. The predicted molar refractivity (Wildman–Crippen MR) is 157 cm³/mol. The monoisotopic (exact) mass is 543 g/mol. The number of alkyl carbamates (subject to hydrolysis) is 1. The van der Waals surface area contributed by atoms with Gasteiger partial charge in [0.1, 0.15) is 17.7 Å². The number of hydrogen-bond donors (Lipinski definition) is 2. The largest absolute Gasteiger partial charge is 0.444 e. The van der Waals surface area contributed by atoms with E-state index < -0.39 is 23.8 Å². The van der Waals surface area contributed by atoms with Crippen molar-refractivity contribution in [3.63, 3.8) is 0 Å². The van der Waals surface area contributed by atoms with Gasteiger partial charge in [0.25, 0.3) is 0 Å². The van der Waals surface area contributed by atoms with E-state index in [0.29, 0.717) is 13.0 Å². The van der Waals surface area contributed by atoms with Crippen LogP contribution in [0.4, 0.5) is 4.79 Å². The first-order chi connectivity index (χ1) is 18.5. The van der Waals surface area contributed by atoms with Crippen molar-refractivity contribution < 1.29 is 19.1 Å². The van der Waals surface area contributed by atoms with Crippen molar-refractivity contribution in [2.75, 3.05) is 6.54 Å². The molecule has 1 aromatic carbocycles. The van der Waals surface area contributed by atoms with Crippen LogP contribution in [0.5, 0.6) is 0 Å². The number of carbonyl (C=O) groups is 3. The minimum Gasteiger partial charge on any atom is -0.444 e. The third kappa shape index (κ3) is 10.5. The molecule has 0 radical (unpaired) electrons. The zero-order chi connectivity index (χ0) is 29.0. The molecule has 3 unspecified atom stereocenters. The van der Waals surface area contributed by atoms with E-state index in [1.807, 2.05) is 38.1 Å². The van der Waals surface area contributed by atoms with Gasteiger partial charge in [0.2, 0.25) is 11.8 Å². The van der Waals surface area contributed by atoms with E-state index in [2.05, 4.69) is 24.5 Å². The van der Waals surface area contributed by atoms with E-state index in [-0.39, 0.29) is 23.8 Å². The second-order valence-electron chi connectivity index (χ2n) is 12.1. The molecule has 0 bridgehead atoms. The molecule has 0 aliphatic heterocycles. The molecule has 2 rings (SSSR count). The van der Waals surface area contributed by atoms with Crippen LogP contribution in [0, 0.1) is 5.92 Å². The Morgan fingerprint density at radius 3 is 2.18 bits per heavy atom. The number of carbonyl (C=O) groups excluding carboxylic acids is 3. The average Bonchev–Trinajstić information content (AvgIpc) is 2.90. The normalized spacial score (nSPS) is 16.6. The van der Waals surface area contributed by atoms with E-state index in [1.54, 1.807) is 25.7 Å². The standard InChI is InChI=1S/C32H53N3O4/c1-8-11-15-22-35(30(37)27(23(4)9-2)34-31(38)39-32(5,6)7)28(25-20-18-24(10-3)19-21-25)29(36)33-26-16-13-12-14-17-26/h18-21,23,26-28H,8-17,22H2,1-7H3,(H,33,36)(H,34,38). The lowest BCUT2D eigenvalue weighted by molar-refractivity contribution is -0.144. The second kappa shape index (κ2) is 15.9. The van der Waals surface area contributed by atoms with Gasteiger partial charge in [-0.05, 0) is 63.5 Å². The van der Waals surface area contributed by atoms with Crippen LogP contribution in [0.1, 0.15) is 123 Å². The van der Waals surface area contributed by atoms with Crippen LogP contribution in [0.15, 0.2) is 24.3 Å². The van der Waals surface area contributed by atoms with E-state index in [4.69, 9.17) is 4.74 Å². The zero-order valence-corrected chi connectivity index (χ0v) is 25.5. The number of rotatable bonds is 13. The molecule has 220 valence electrons. The van der Waals surface area contributed by atoms with Gasteiger partial charge in [-0.2, -0.15) is 0 Å². The molecular weight excluding hydrogens is 490 g/mol. The van der Waals surface area contributed by atoms with Crippen molar-refractivity contribution in [1.29, 1.82) is 0 Å². The van der Waals surface area contributed by atoms with Crippen molar-refractivity contribution in [2.24, 2.45) is 5.92 Å². The summed E-state index contributed by atoms with van der Waals surface area (Å²) in [7, 11) is 0. The molecule has 1 saturated carbocycles. The third-order valence-electron chi connectivity index (χ3n) is 7.65. The second-order valence-corrected chi connectivity index (χ2v) is 12.1. The minimum atomic E-state index is -0.800. The fourth-order valence-corrected chi connectivity index (χ4v) is 5.13. The summed E-state index contributed by atoms with van der Waals surface area (Å²) in [6.45, 7) is 14.0. The van der Waals surface area contributed by atoms with Crippen LogP contribution in [0.25, 0.3) is 0 Å². The maximum atomic E-state index is 14.3. The van der Waals surface area contributed by atoms with Gasteiger partial charge in [0, 0.05) is 12.6 Å². The summed E-state index contributed by atoms with van der Waals surface area (Å²) in [5.74, 6) is -0.519. The Balaban J connectivity index is 2.48. The highest BCUT2D eigenvalue weighted by atomic mass is 16.6. The molecule has 3 atom stereocenters. The topological polar surface area (TPSA) is 87.7 Å². The van der Waals surface area contributed by atoms with Crippen LogP contribution in [-0.4, -0.2) is 47.0 Å². The fourth-order valence-electron chi connectivity index (χ4n) is 5.13. The van der Waals surface area contributed by atoms with Gasteiger partial charge in [-0.25, -0.2) is 4.79 Å². The number of nitrogens with one attached hydrogen (secondary N) is 2. The van der Waals surface area contributed by atoms with Crippen LogP contribution >= 0.6 is 0 Å². The third-order valence-corrected chi connectivity index (χ3v) is 7.65. The first-order valence-corrected chi connectivity index (χ1v) is 15.2. The molecule has 1 aliphatic carbocycles. The molecule has 1 aliphatic rings. The molecule has 0 aromatic heterocycles. The van der Waals surface area contributed by atoms with Crippen LogP contribution in [0.3, 0.4) is 0 Å². The zero-order valence-electron chi connectivity index (χ0n) is 25.5. The number of benzene rings is 1. The maximum absolute atomic E-state index is 14.3. The van der Waals surface area contributed by atoms with E-state index >= 15 is 0 Å². The predicted octanol–water partition coefficient (Wildman–Crippen LogP) is 6.70. The van der Waals surface area contributed by atoms with Gasteiger partial charge in [0.15, 0.2) is 0 Å². The fraction of sp³-hybridized carbons (Fsp3) is 0.719. The lowest BCUT2D eigenvalue weighted by atomic mass is 9.93. The Morgan fingerprint density at radius 2 is 1.64 bits per heavy atom. The molecule has 1 fully saturated rings. The molecular formula is C32H53N3O4. The Morgan fingerprint density at radius 1 is 1.00 bits per heavy atom. The lowest BCUT2D eigenvalue weighted by Crippen LogP contribution is -2.56. The SMILES string of the molecule is CCCCCN(C(=O)C(NC(=O)OC(C)(C)C)C(C)CC)C(C(=O)NC1CCCCC1)c1ccc(CC)cc1. The lowest BCUT2D eigenvalue weighted by Gasteiger charge is -2.37. The summed E-state index contributed by atoms with van der Waals surface area (Å²) in [4.78, 5) is 42.9. The Hall–Kier alpha value is -2.57. The van der Waals surface area contributed by atoms with Crippen molar-refractivity contribution in [3.8, 4) is 0 Å². The van der Waals surface area contributed by atoms with Gasteiger partial charge >= 0.3 is 6.09 Å². The maximum Gasteiger partial charge on any atom is 0.408 e. The van der Waals surface area contributed by atoms with Gasteiger partial charge in [0.05, 0.1) is 0 Å². The Labute approximate surface area is 236 Å². The summed E-state index contributed by atoms with van der Waals surface area (Å²) in [6, 6.07) is 6.58. The minimum absolute atomic E-state index is 0.126. The van der Waals surface area contributed by atoms with Gasteiger partial charge in [-0.15, -0.1) is 0 Å². The first kappa shape index (κ1) is 32.6. The molecule has 1 aromatic rings. The van der Waals surface area contributed by atoms with E-state index in [0.717, 1.165) is 56.9 Å². The number of ether oxygens (including phenoxy) is 1. The highest BCUT2D eigenvalue weighted by molar-refractivity contribution is 5.92. The van der Waals surface area contributed by atoms with Crippen LogP contribution < -0.4 is 10.6 Å². The first-order valence-electron chi connectivity index (χ1n) is 15.2. The van der Waals surface area contributed by atoms with Crippen molar-refractivity contribution >= 4 is 17.9 Å². The van der Waals surface area contributed by atoms with Gasteiger partial charge in [-0.1, -0.05) is 90.5 Å². The van der Waals surface area contributed by atoms with Crippen LogP contribution in [0.2, 0.25) is 0 Å². The van der Waals surface area contributed by atoms with E-state index in [1.165, 1.54) is 12.0 Å². The number of hydrogen-bond acceptors (Lipinski definition) is 4. The highest BCUT2D eigenvalue weighted by Gasteiger charge is 2.38. The quantitative estimate of drug-likeness (QED) is 0.271. The molecule has 0 saturated heterocycles. The van der Waals surface area contributed by atoms with Crippen LogP contribution in [-0.2, 0) is 20.7 Å². The molecule has 7 nitrogen and oxygen atoms in total. The van der Waals surface area contributed by atoms with Gasteiger partial charge in [-0.3, -0.25) is 9.59 Å². The number of unbranched alkanes of at least 4 members (excludes halogenated alkanes) is 2. The van der Waals surface area contributed by atoms with E-state index in [9.17, 15) is 14.4 Å². The Bertz CT molecular complexity index is 903. The van der Waals surface area contributed by atoms with Crippen molar-refractivity contribution in [3.05, 3.63) is 35.4 Å². The molecule has 3 amide bonds. The summed E-state index contributed by atoms with van der Waals surface area (Å²) < 4.78 is 5.51.